The fourth-order valence-electron chi connectivity index (χ4n) is 2.59. The average molecular weight is 364 g/mol. The first-order chi connectivity index (χ1) is 13.0. The molecular formula is C19H17FN6O. The second-order valence-corrected chi connectivity index (χ2v) is 5.87. The maximum absolute atomic E-state index is 14.3. The van der Waals surface area contributed by atoms with Crippen molar-refractivity contribution in [3.63, 3.8) is 0 Å². The second kappa shape index (κ2) is 7.66. The Morgan fingerprint density at radius 1 is 1.33 bits per heavy atom. The summed E-state index contributed by atoms with van der Waals surface area (Å²) in [6.07, 6.45) is 2.05. The summed E-state index contributed by atoms with van der Waals surface area (Å²) in [5.41, 5.74) is 6.73. The van der Waals surface area contributed by atoms with Gasteiger partial charge in [-0.1, -0.05) is 19.1 Å². The van der Waals surface area contributed by atoms with Gasteiger partial charge in [0.05, 0.1) is 11.1 Å². The number of primary amides is 1. The number of nitriles is 1. The fourth-order valence-corrected chi connectivity index (χ4v) is 2.59. The molecule has 0 fully saturated rings. The van der Waals surface area contributed by atoms with E-state index < -0.39 is 17.8 Å². The van der Waals surface area contributed by atoms with Gasteiger partial charge < -0.3 is 16.4 Å². The van der Waals surface area contributed by atoms with Crippen molar-refractivity contribution in [2.75, 3.05) is 10.6 Å². The Morgan fingerprint density at radius 3 is 2.85 bits per heavy atom. The van der Waals surface area contributed by atoms with Crippen LogP contribution in [0.2, 0.25) is 0 Å². The van der Waals surface area contributed by atoms with Gasteiger partial charge in [0.1, 0.15) is 12.1 Å². The number of carbonyl (C=O) groups excluding carboxylic acids is 1. The van der Waals surface area contributed by atoms with Crippen molar-refractivity contribution in [1.82, 2.24) is 9.97 Å². The van der Waals surface area contributed by atoms with Crippen LogP contribution in [-0.4, -0.2) is 21.9 Å². The van der Waals surface area contributed by atoms with Gasteiger partial charge in [-0.2, -0.15) is 5.26 Å². The van der Waals surface area contributed by atoms with Gasteiger partial charge in [0.15, 0.2) is 17.5 Å². The van der Waals surface area contributed by atoms with Gasteiger partial charge in [-0.05, 0) is 30.7 Å². The minimum absolute atomic E-state index is 0.0336. The van der Waals surface area contributed by atoms with Gasteiger partial charge in [0.2, 0.25) is 5.91 Å². The molecule has 3 aromatic rings. The molecule has 0 spiro atoms. The summed E-state index contributed by atoms with van der Waals surface area (Å²) in [7, 11) is 0. The number of pyridine rings is 2. The summed E-state index contributed by atoms with van der Waals surface area (Å²) in [5.74, 6) is -1.34. The molecule has 136 valence electrons. The lowest BCUT2D eigenvalue weighted by Crippen LogP contribution is -2.35. The van der Waals surface area contributed by atoms with E-state index in [2.05, 4.69) is 20.6 Å². The Kier molecular flexibility index (Phi) is 5.13. The van der Waals surface area contributed by atoms with Crippen LogP contribution in [0.1, 0.15) is 18.9 Å². The van der Waals surface area contributed by atoms with Crippen LogP contribution in [0.4, 0.5) is 21.7 Å². The van der Waals surface area contributed by atoms with Gasteiger partial charge in [0, 0.05) is 17.3 Å². The highest BCUT2D eigenvalue weighted by Gasteiger charge is 2.18. The maximum Gasteiger partial charge on any atom is 0.239 e. The van der Waals surface area contributed by atoms with E-state index in [1.807, 2.05) is 30.3 Å². The van der Waals surface area contributed by atoms with Crippen LogP contribution in [0.15, 0.2) is 42.6 Å². The van der Waals surface area contributed by atoms with Crippen LogP contribution >= 0.6 is 0 Å². The lowest BCUT2D eigenvalue weighted by molar-refractivity contribution is -0.118. The third kappa shape index (κ3) is 3.93. The predicted octanol–water partition coefficient (Wildman–Crippen LogP) is 3.06. The van der Waals surface area contributed by atoms with E-state index >= 15 is 0 Å². The Balaban J connectivity index is 1.96. The molecule has 2 aromatic heterocycles. The minimum Gasteiger partial charge on any atom is -0.368 e. The quantitative estimate of drug-likeness (QED) is 0.619. The predicted molar refractivity (Wildman–Crippen MR) is 101 cm³/mol. The average Bonchev–Trinajstić information content (AvgIpc) is 2.67. The molecule has 4 N–H and O–H groups in total. The lowest BCUT2D eigenvalue weighted by atomic mass is 10.2. The molecule has 27 heavy (non-hydrogen) atoms. The molecule has 0 radical (unpaired) electrons. The van der Waals surface area contributed by atoms with Crippen molar-refractivity contribution in [2.24, 2.45) is 5.73 Å². The highest BCUT2D eigenvalue weighted by Crippen LogP contribution is 2.25. The lowest BCUT2D eigenvalue weighted by Gasteiger charge is -2.16. The van der Waals surface area contributed by atoms with E-state index in [9.17, 15) is 14.4 Å². The van der Waals surface area contributed by atoms with Crippen LogP contribution in [0, 0.1) is 17.1 Å². The third-order valence-electron chi connectivity index (χ3n) is 4.03. The van der Waals surface area contributed by atoms with E-state index in [-0.39, 0.29) is 17.2 Å². The molecule has 2 heterocycles. The van der Waals surface area contributed by atoms with Gasteiger partial charge >= 0.3 is 0 Å². The van der Waals surface area contributed by atoms with Crippen LogP contribution in [-0.2, 0) is 4.79 Å². The normalized spacial score (nSPS) is 11.6. The summed E-state index contributed by atoms with van der Waals surface area (Å²) >= 11 is 0. The number of anilines is 3. The standard InChI is InChI=1S/C19H17FN6O/c1-2-15(17(22)27)25-19-14(20)8-12(10-21)18(26-19)24-13-6-5-11-4-3-7-23-16(11)9-13/h3-9,15H,2H2,1H3,(H2,22,27)(H2,24,25,26). The molecular weight excluding hydrogens is 347 g/mol. The van der Waals surface area contributed by atoms with Crippen LogP contribution in [0.5, 0.6) is 0 Å². The summed E-state index contributed by atoms with van der Waals surface area (Å²) in [6.45, 7) is 1.74. The minimum atomic E-state index is -0.766. The molecule has 1 amide bonds. The first-order valence-corrected chi connectivity index (χ1v) is 8.30. The van der Waals surface area contributed by atoms with Crippen molar-refractivity contribution in [1.29, 1.82) is 5.26 Å². The molecule has 1 atom stereocenters. The van der Waals surface area contributed by atoms with Gasteiger partial charge in [-0.25, -0.2) is 9.37 Å². The van der Waals surface area contributed by atoms with E-state index in [0.717, 1.165) is 17.0 Å². The highest BCUT2D eigenvalue weighted by atomic mass is 19.1. The molecule has 0 saturated carbocycles. The summed E-state index contributed by atoms with van der Waals surface area (Å²) in [4.78, 5) is 19.8. The Hall–Kier alpha value is -3.73. The SMILES string of the molecule is CCC(Nc1nc(Nc2ccc3cccnc3c2)c(C#N)cc1F)C(N)=O. The number of hydrogen-bond donors (Lipinski definition) is 3. The number of fused-ring (bicyclic) bond motifs is 1. The molecule has 7 nitrogen and oxygen atoms in total. The number of rotatable bonds is 6. The number of carbonyl (C=O) groups is 1. The Labute approximate surface area is 155 Å². The van der Waals surface area contributed by atoms with E-state index in [1.165, 1.54) is 0 Å². The molecule has 0 aliphatic rings. The molecule has 0 aliphatic heterocycles. The van der Waals surface area contributed by atoms with Crippen LogP contribution in [0.25, 0.3) is 10.9 Å². The van der Waals surface area contributed by atoms with Gasteiger partial charge in [-0.15, -0.1) is 0 Å². The summed E-state index contributed by atoms with van der Waals surface area (Å²) in [6, 6.07) is 11.5. The van der Waals surface area contributed by atoms with E-state index in [4.69, 9.17) is 5.73 Å². The number of nitrogens with zero attached hydrogens (tertiary/aromatic N) is 3. The zero-order valence-electron chi connectivity index (χ0n) is 14.5. The van der Waals surface area contributed by atoms with Crippen molar-refractivity contribution >= 4 is 34.1 Å². The molecule has 8 heteroatoms. The fraction of sp³-hybridized carbons (Fsp3) is 0.158. The first kappa shape index (κ1) is 18.1. The van der Waals surface area contributed by atoms with Crippen molar-refractivity contribution in [3.8, 4) is 6.07 Å². The zero-order chi connectivity index (χ0) is 19.4. The van der Waals surface area contributed by atoms with Crippen molar-refractivity contribution in [2.45, 2.75) is 19.4 Å². The molecule has 3 rings (SSSR count). The Bertz CT molecular complexity index is 1050. The number of nitrogens with two attached hydrogens (primary N) is 1. The van der Waals surface area contributed by atoms with Crippen molar-refractivity contribution in [3.05, 3.63) is 54.0 Å². The molecule has 0 aliphatic carbocycles. The number of benzene rings is 1. The van der Waals surface area contributed by atoms with Crippen molar-refractivity contribution < 1.29 is 9.18 Å². The smallest absolute Gasteiger partial charge is 0.239 e. The summed E-state index contributed by atoms with van der Waals surface area (Å²) in [5, 5.41) is 15.9. The number of hydrogen-bond acceptors (Lipinski definition) is 6. The van der Waals surface area contributed by atoms with E-state index in [1.54, 1.807) is 19.2 Å². The molecule has 0 saturated heterocycles. The van der Waals surface area contributed by atoms with E-state index in [0.29, 0.717) is 12.1 Å². The second-order valence-electron chi connectivity index (χ2n) is 5.87. The van der Waals surface area contributed by atoms with Gasteiger partial charge in [0.25, 0.3) is 0 Å². The monoisotopic (exact) mass is 364 g/mol. The Morgan fingerprint density at radius 2 is 2.15 bits per heavy atom. The number of nitrogens with one attached hydrogen (secondary N) is 2. The number of amides is 1. The number of halogens is 1. The molecule has 1 aromatic carbocycles. The highest BCUT2D eigenvalue weighted by molar-refractivity contribution is 5.84. The molecule has 1 unspecified atom stereocenters. The largest absolute Gasteiger partial charge is 0.368 e. The topological polar surface area (TPSA) is 117 Å². The van der Waals surface area contributed by atoms with Gasteiger partial charge in [-0.3, -0.25) is 9.78 Å². The number of aromatic nitrogens is 2. The molecule has 0 bridgehead atoms. The first-order valence-electron chi connectivity index (χ1n) is 8.30. The maximum atomic E-state index is 14.3. The summed E-state index contributed by atoms with van der Waals surface area (Å²) < 4.78 is 14.3. The van der Waals surface area contributed by atoms with Crippen LogP contribution < -0.4 is 16.4 Å². The van der Waals surface area contributed by atoms with Crippen LogP contribution in [0.3, 0.4) is 0 Å². The zero-order valence-corrected chi connectivity index (χ0v) is 14.5. The third-order valence-corrected chi connectivity index (χ3v) is 4.03.